The van der Waals surface area contributed by atoms with E-state index in [-0.39, 0.29) is 5.25 Å². The molecule has 2 unspecified atom stereocenters. The minimum Gasteiger partial charge on any atom is -0.212 e. The molecule has 1 saturated heterocycles. The van der Waals surface area contributed by atoms with Crippen LogP contribution in [0.4, 0.5) is 0 Å². The number of fused-ring (bicyclic) bond motifs is 1. The third-order valence-corrected chi connectivity index (χ3v) is 6.05. The molecule has 0 spiro atoms. The van der Waals surface area contributed by atoms with Gasteiger partial charge in [-0.1, -0.05) is 25.7 Å². The van der Waals surface area contributed by atoms with Crippen molar-refractivity contribution in [3.63, 3.8) is 0 Å². The smallest absolute Gasteiger partial charge is 0.212 e. The van der Waals surface area contributed by atoms with Crippen molar-refractivity contribution in [1.82, 2.24) is 4.31 Å². The molecule has 0 amide bonds. The first-order valence-electron chi connectivity index (χ1n) is 5.57. The van der Waals surface area contributed by atoms with E-state index in [4.69, 9.17) is 0 Å². The molecule has 0 bridgehead atoms. The van der Waals surface area contributed by atoms with Crippen LogP contribution in [-0.4, -0.2) is 31.6 Å². The summed E-state index contributed by atoms with van der Waals surface area (Å²) in [6.07, 6.45) is 6.79. The first-order chi connectivity index (χ1) is 6.62. The lowest BCUT2D eigenvalue weighted by atomic mass is 9.91. The van der Waals surface area contributed by atoms with Crippen LogP contribution in [0.15, 0.2) is 0 Å². The predicted octanol–water partition coefficient (Wildman–Crippen LogP) is 1.60. The van der Waals surface area contributed by atoms with E-state index < -0.39 is 10.0 Å². The second-order valence-corrected chi connectivity index (χ2v) is 6.87. The number of hydrogen-bond acceptors (Lipinski definition) is 2. The normalized spacial score (nSPS) is 38.6. The molecule has 1 aliphatic heterocycles. The molecule has 2 rings (SSSR count). The van der Waals surface area contributed by atoms with Crippen LogP contribution in [0.3, 0.4) is 0 Å². The Labute approximate surface area is 86.5 Å². The Kier molecular flexibility index (Phi) is 2.84. The van der Waals surface area contributed by atoms with E-state index in [2.05, 4.69) is 0 Å². The molecule has 1 aliphatic carbocycles. The Hall–Kier alpha value is -0.0900. The van der Waals surface area contributed by atoms with E-state index in [1.54, 1.807) is 11.4 Å². The van der Waals surface area contributed by atoms with Gasteiger partial charge in [0.2, 0.25) is 10.0 Å². The van der Waals surface area contributed by atoms with Crippen molar-refractivity contribution < 1.29 is 8.42 Å². The fourth-order valence-corrected chi connectivity index (χ4v) is 4.83. The number of rotatable bonds is 0. The maximum Gasteiger partial charge on any atom is 0.217 e. The second-order valence-electron chi connectivity index (χ2n) is 4.62. The van der Waals surface area contributed by atoms with Crippen molar-refractivity contribution in [3.05, 3.63) is 0 Å². The molecule has 2 fully saturated rings. The number of hydrogen-bond donors (Lipinski definition) is 0. The van der Waals surface area contributed by atoms with Gasteiger partial charge in [0.05, 0.1) is 5.25 Å². The third-order valence-electron chi connectivity index (χ3n) is 3.65. The van der Waals surface area contributed by atoms with Gasteiger partial charge in [-0.05, 0) is 18.8 Å². The quantitative estimate of drug-likeness (QED) is 0.618. The van der Waals surface area contributed by atoms with Gasteiger partial charge in [-0.3, -0.25) is 0 Å². The Morgan fingerprint density at radius 3 is 2.43 bits per heavy atom. The molecule has 0 aromatic rings. The lowest BCUT2D eigenvalue weighted by Gasteiger charge is -2.19. The average Bonchev–Trinajstić information content (AvgIpc) is 2.26. The molecule has 82 valence electrons. The van der Waals surface area contributed by atoms with Crippen molar-refractivity contribution >= 4 is 10.0 Å². The van der Waals surface area contributed by atoms with E-state index in [9.17, 15) is 8.42 Å². The van der Waals surface area contributed by atoms with Gasteiger partial charge in [-0.25, -0.2) is 12.7 Å². The zero-order valence-electron chi connectivity index (χ0n) is 8.78. The molecular weight excluding hydrogens is 198 g/mol. The summed E-state index contributed by atoms with van der Waals surface area (Å²) < 4.78 is 25.4. The van der Waals surface area contributed by atoms with E-state index in [0.717, 1.165) is 25.8 Å². The van der Waals surface area contributed by atoms with E-state index in [1.165, 1.54) is 19.3 Å². The Balaban J connectivity index is 2.19. The summed E-state index contributed by atoms with van der Waals surface area (Å²) in [6, 6.07) is 0. The van der Waals surface area contributed by atoms with Crippen LogP contribution >= 0.6 is 0 Å². The van der Waals surface area contributed by atoms with Crippen molar-refractivity contribution in [2.24, 2.45) is 5.92 Å². The molecule has 14 heavy (non-hydrogen) atoms. The molecule has 2 atom stereocenters. The SMILES string of the molecule is CN1CC2CCCCCCC2S1(=O)=O. The summed E-state index contributed by atoms with van der Waals surface area (Å²) in [6.45, 7) is 0.757. The molecule has 1 saturated carbocycles. The largest absolute Gasteiger partial charge is 0.217 e. The maximum absolute atomic E-state index is 11.9. The Morgan fingerprint density at radius 1 is 1.07 bits per heavy atom. The van der Waals surface area contributed by atoms with Gasteiger partial charge >= 0.3 is 0 Å². The molecule has 3 nitrogen and oxygen atoms in total. The van der Waals surface area contributed by atoms with Gasteiger partial charge in [0, 0.05) is 13.6 Å². The predicted molar refractivity (Wildman–Crippen MR) is 56.5 cm³/mol. The fraction of sp³-hybridized carbons (Fsp3) is 1.00. The van der Waals surface area contributed by atoms with Gasteiger partial charge in [0.15, 0.2) is 0 Å². The Morgan fingerprint density at radius 2 is 1.71 bits per heavy atom. The van der Waals surface area contributed by atoms with Crippen LogP contribution in [0.5, 0.6) is 0 Å². The first kappa shape index (κ1) is 10.4. The van der Waals surface area contributed by atoms with Crippen LogP contribution in [0.2, 0.25) is 0 Å². The average molecular weight is 217 g/mol. The molecule has 4 heteroatoms. The number of nitrogens with zero attached hydrogens (tertiary/aromatic N) is 1. The highest BCUT2D eigenvalue weighted by Crippen LogP contribution is 2.34. The number of sulfonamides is 1. The summed E-state index contributed by atoms with van der Waals surface area (Å²) in [5.41, 5.74) is 0. The monoisotopic (exact) mass is 217 g/mol. The highest BCUT2D eigenvalue weighted by Gasteiger charge is 2.43. The molecule has 0 radical (unpaired) electrons. The standard InChI is InChI=1S/C10H19NO2S/c1-11-8-9-6-4-2-3-5-7-10(9)14(11,12)13/h9-10H,2-8H2,1H3. The van der Waals surface area contributed by atoms with Crippen LogP contribution in [-0.2, 0) is 10.0 Å². The molecule has 0 aromatic carbocycles. The van der Waals surface area contributed by atoms with Gasteiger partial charge in [-0.2, -0.15) is 0 Å². The molecule has 2 aliphatic rings. The third kappa shape index (κ3) is 1.70. The topological polar surface area (TPSA) is 37.4 Å². The summed E-state index contributed by atoms with van der Waals surface area (Å²) >= 11 is 0. The minimum atomic E-state index is -2.93. The first-order valence-corrected chi connectivity index (χ1v) is 7.08. The summed E-state index contributed by atoms with van der Waals surface area (Å²) in [5.74, 6) is 0.408. The van der Waals surface area contributed by atoms with Gasteiger partial charge < -0.3 is 0 Å². The molecule has 0 N–H and O–H groups in total. The second kappa shape index (κ2) is 3.81. The molecular formula is C10H19NO2S. The van der Waals surface area contributed by atoms with Gasteiger partial charge in [0.1, 0.15) is 0 Å². The molecule has 1 heterocycles. The Bertz CT molecular complexity index is 299. The highest BCUT2D eigenvalue weighted by molar-refractivity contribution is 7.90. The van der Waals surface area contributed by atoms with Gasteiger partial charge in [0.25, 0.3) is 0 Å². The van der Waals surface area contributed by atoms with Crippen molar-refractivity contribution in [2.45, 2.75) is 43.8 Å². The zero-order valence-corrected chi connectivity index (χ0v) is 9.59. The maximum atomic E-state index is 11.9. The van der Waals surface area contributed by atoms with Crippen molar-refractivity contribution in [1.29, 1.82) is 0 Å². The summed E-state index contributed by atoms with van der Waals surface area (Å²) in [4.78, 5) is 0. The summed E-state index contributed by atoms with van der Waals surface area (Å²) in [7, 11) is -1.21. The van der Waals surface area contributed by atoms with E-state index in [1.807, 2.05) is 0 Å². The zero-order chi connectivity index (χ0) is 10.2. The molecule has 0 aromatic heterocycles. The van der Waals surface area contributed by atoms with Crippen molar-refractivity contribution in [3.8, 4) is 0 Å². The lowest BCUT2D eigenvalue weighted by molar-refractivity contribution is 0.371. The van der Waals surface area contributed by atoms with Crippen LogP contribution in [0.1, 0.15) is 38.5 Å². The van der Waals surface area contributed by atoms with Gasteiger partial charge in [-0.15, -0.1) is 0 Å². The fourth-order valence-electron chi connectivity index (χ4n) is 2.79. The summed E-state index contributed by atoms with van der Waals surface area (Å²) in [5, 5.41) is -0.0622. The van der Waals surface area contributed by atoms with Crippen molar-refractivity contribution in [2.75, 3.05) is 13.6 Å². The van der Waals surface area contributed by atoms with Crippen LogP contribution < -0.4 is 0 Å². The highest BCUT2D eigenvalue weighted by atomic mass is 32.2. The van der Waals surface area contributed by atoms with E-state index in [0.29, 0.717) is 5.92 Å². The lowest BCUT2D eigenvalue weighted by Crippen LogP contribution is -2.27. The van der Waals surface area contributed by atoms with Crippen LogP contribution in [0, 0.1) is 5.92 Å². The van der Waals surface area contributed by atoms with Crippen LogP contribution in [0.25, 0.3) is 0 Å². The van der Waals surface area contributed by atoms with E-state index >= 15 is 0 Å². The minimum absolute atomic E-state index is 0.0622.